The van der Waals surface area contributed by atoms with Gasteiger partial charge in [-0.05, 0) is 24.6 Å². The van der Waals surface area contributed by atoms with Crippen molar-refractivity contribution in [3.63, 3.8) is 0 Å². The molecule has 0 aliphatic carbocycles. The number of aryl methyl sites for hydroxylation is 1. The van der Waals surface area contributed by atoms with Crippen LogP contribution >= 0.6 is 0 Å². The highest BCUT2D eigenvalue weighted by Crippen LogP contribution is 2.17. The van der Waals surface area contributed by atoms with Gasteiger partial charge in [-0.2, -0.15) is 0 Å². The normalized spacial score (nSPS) is 10.5. The minimum absolute atomic E-state index is 0.308. The highest BCUT2D eigenvalue weighted by atomic mass is 16.4. The highest BCUT2D eigenvalue weighted by molar-refractivity contribution is 6.02. The van der Waals surface area contributed by atoms with E-state index in [2.05, 4.69) is 4.98 Å². The summed E-state index contributed by atoms with van der Waals surface area (Å²) in [6, 6.07) is 8.84. The lowest BCUT2D eigenvalue weighted by Crippen LogP contribution is -1.98. The van der Waals surface area contributed by atoms with E-state index in [1.807, 2.05) is 25.1 Å². The van der Waals surface area contributed by atoms with Crippen LogP contribution in [0.15, 0.2) is 30.3 Å². The van der Waals surface area contributed by atoms with Gasteiger partial charge in [0.2, 0.25) is 0 Å². The Morgan fingerprint density at radius 1 is 1.33 bits per heavy atom. The smallest absolute Gasteiger partial charge is 0.336 e. The molecular weight excluding hydrogens is 190 g/mol. The van der Waals surface area contributed by atoms with E-state index >= 15 is 0 Å². The molecule has 15 heavy (non-hydrogen) atoms. The fourth-order valence-corrected chi connectivity index (χ4v) is 1.58. The second-order valence-electron chi connectivity index (χ2n) is 3.33. The molecule has 76 valence electrons. The first-order valence-corrected chi connectivity index (χ1v) is 4.84. The van der Waals surface area contributed by atoms with E-state index < -0.39 is 5.97 Å². The number of fused-ring (bicyclic) bond motifs is 1. The van der Waals surface area contributed by atoms with Crippen LogP contribution in [0.5, 0.6) is 0 Å². The van der Waals surface area contributed by atoms with Crippen molar-refractivity contribution in [2.45, 2.75) is 13.3 Å². The van der Waals surface area contributed by atoms with Crippen molar-refractivity contribution in [3.8, 4) is 0 Å². The quantitative estimate of drug-likeness (QED) is 0.812. The van der Waals surface area contributed by atoms with Gasteiger partial charge in [0.05, 0.1) is 11.1 Å². The molecule has 3 nitrogen and oxygen atoms in total. The zero-order chi connectivity index (χ0) is 10.8. The van der Waals surface area contributed by atoms with Crippen LogP contribution in [-0.2, 0) is 6.42 Å². The lowest BCUT2D eigenvalue weighted by atomic mass is 10.1. The van der Waals surface area contributed by atoms with Crippen LogP contribution in [0.25, 0.3) is 10.9 Å². The zero-order valence-electron chi connectivity index (χ0n) is 8.40. The summed E-state index contributed by atoms with van der Waals surface area (Å²) in [4.78, 5) is 15.3. The molecule has 0 saturated carbocycles. The van der Waals surface area contributed by atoms with Gasteiger partial charge in [0.15, 0.2) is 0 Å². The monoisotopic (exact) mass is 201 g/mol. The van der Waals surface area contributed by atoms with E-state index in [1.54, 1.807) is 12.1 Å². The SMILES string of the molecule is CCc1ccc2c(C(=O)O)cccc2n1. The maximum atomic E-state index is 10.9. The van der Waals surface area contributed by atoms with Gasteiger partial charge in [0, 0.05) is 11.1 Å². The number of pyridine rings is 1. The Kier molecular flexibility index (Phi) is 2.37. The molecule has 0 saturated heterocycles. The van der Waals surface area contributed by atoms with E-state index in [-0.39, 0.29) is 0 Å². The molecule has 0 amide bonds. The maximum absolute atomic E-state index is 10.9. The van der Waals surface area contributed by atoms with Gasteiger partial charge < -0.3 is 5.11 Å². The van der Waals surface area contributed by atoms with Crippen LogP contribution in [-0.4, -0.2) is 16.1 Å². The zero-order valence-corrected chi connectivity index (χ0v) is 8.40. The number of carbonyl (C=O) groups is 1. The van der Waals surface area contributed by atoms with Crippen molar-refractivity contribution in [3.05, 3.63) is 41.6 Å². The second-order valence-corrected chi connectivity index (χ2v) is 3.33. The molecule has 2 rings (SSSR count). The van der Waals surface area contributed by atoms with Crippen molar-refractivity contribution in [2.24, 2.45) is 0 Å². The first-order chi connectivity index (χ1) is 7.22. The van der Waals surface area contributed by atoms with Crippen LogP contribution in [0.4, 0.5) is 0 Å². The molecule has 0 fully saturated rings. The number of hydrogen-bond acceptors (Lipinski definition) is 2. The first kappa shape index (κ1) is 9.65. The van der Waals surface area contributed by atoms with Gasteiger partial charge in [0.1, 0.15) is 0 Å². The molecule has 0 unspecified atom stereocenters. The third-order valence-corrected chi connectivity index (χ3v) is 2.38. The summed E-state index contributed by atoms with van der Waals surface area (Å²) in [7, 11) is 0. The standard InChI is InChI=1S/C12H11NO2/c1-2-8-6-7-9-10(12(14)15)4-3-5-11(9)13-8/h3-7H,2H2,1H3,(H,14,15). The number of hydrogen-bond donors (Lipinski definition) is 1. The summed E-state index contributed by atoms with van der Waals surface area (Å²) in [5.41, 5.74) is 2.03. The summed E-state index contributed by atoms with van der Waals surface area (Å²) in [5, 5.41) is 9.68. The van der Waals surface area contributed by atoms with Gasteiger partial charge >= 0.3 is 5.97 Å². The lowest BCUT2D eigenvalue weighted by molar-refractivity contribution is 0.0699. The number of aromatic nitrogens is 1. The molecular formula is C12H11NO2. The van der Waals surface area contributed by atoms with Crippen molar-refractivity contribution in [1.29, 1.82) is 0 Å². The molecule has 0 radical (unpaired) electrons. The van der Waals surface area contributed by atoms with Gasteiger partial charge in [-0.15, -0.1) is 0 Å². The molecule has 3 heteroatoms. The van der Waals surface area contributed by atoms with E-state index in [0.717, 1.165) is 17.6 Å². The summed E-state index contributed by atoms with van der Waals surface area (Å²) in [6.45, 7) is 2.02. The fraction of sp³-hybridized carbons (Fsp3) is 0.167. The number of benzene rings is 1. The Bertz CT molecular complexity index is 520. The molecule has 0 aliphatic heterocycles. The summed E-state index contributed by atoms with van der Waals surface area (Å²) in [5.74, 6) is -0.911. The van der Waals surface area contributed by atoms with Crippen molar-refractivity contribution in [2.75, 3.05) is 0 Å². The number of carboxylic acid groups (broad SMARTS) is 1. The number of rotatable bonds is 2. The van der Waals surface area contributed by atoms with Crippen molar-refractivity contribution in [1.82, 2.24) is 4.98 Å². The minimum atomic E-state index is -0.911. The number of carboxylic acids is 1. The van der Waals surface area contributed by atoms with Crippen LogP contribution in [0.2, 0.25) is 0 Å². The Balaban J connectivity index is 2.72. The molecule has 0 bridgehead atoms. The molecule has 1 N–H and O–H groups in total. The van der Waals surface area contributed by atoms with Crippen LogP contribution in [0.1, 0.15) is 23.0 Å². The second kappa shape index (κ2) is 3.69. The topological polar surface area (TPSA) is 50.2 Å². The fourth-order valence-electron chi connectivity index (χ4n) is 1.58. The van der Waals surface area contributed by atoms with Gasteiger partial charge in [0.25, 0.3) is 0 Å². The maximum Gasteiger partial charge on any atom is 0.336 e. The largest absolute Gasteiger partial charge is 0.478 e. The van der Waals surface area contributed by atoms with E-state index in [4.69, 9.17) is 5.11 Å². The van der Waals surface area contributed by atoms with Crippen LogP contribution in [0, 0.1) is 0 Å². The van der Waals surface area contributed by atoms with Crippen molar-refractivity contribution < 1.29 is 9.90 Å². The number of aromatic carboxylic acids is 1. The molecule has 1 heterocycles. The average molecular weight is 201 g/mol. The van der Waals surface area contributed by atoms with Gasteiger partial charge in [-0.1, -0.05) is 19.1 Å². The van der Waals surface area contributed by atoms with E-state index in [9.17, 15) is 4.79 Å². The van der Waals surface area contributed by atoms with Gasteiger partial charge in [-0.3, -0.25) is 4.98 Å². The Morgan fingerprint density at radius 2 is 2.13 bits per heavy atom. The average Bonchev–Trinajstić information content (AvgIpc) is 2.27. The summed E-state index contributed by atoms with van der Waals surface area (Å²) >= 11 is 0. The third-order valence-electron chi connectivity index (χ3n) is 2.38. The minimum Gasteiger partial charge on any atom is -0.478 e. The van der Waals surface area contributed by atoms with Crippen LogP contribution < -0.4 is 0 Å². The highest BCUT2D eigenvalue weighted by Gasteiger charge is 2.08. The predicted octanol–water partition coefficient (Wildman–Crippen LogP) is 2.50. The molecule has 1 aromatic heterocycles. The molecule has 0 aliphatic rings. The van der Waals surface area contributed by atoms with E-state index in [0.29, 0.717) is 10.9 Å². The molecule has 2 aromatic rings. The Labute approximate surface area is 87.4 Å². The molecule has 1 aromatic carbocycles. The third kappa shape index (κ3) is 1.68. The van der Waals surface area contributed by atoms with Crippen LogP contribution in [0.3, 0.4) is 0 Å². The van der Waals surface area contributed by atoms with Crippen molar-refractivity contribution >= 4 is 16.9 Å². The van der Waals surface area contributed by atoms with E-state index in [1.165, 1.54) is 0 Å². The Morgan fingerprint density at radius 3 is 2.80 bits per heavy atom. The molecule has 0 spiro atoms. The predicted molar refractivity (Wildman–Crippen MR) is 58.1 cm³/mol. The first-order valence-electron chi connectivity index (χ1n) is 4.84. The Hall–Kier alpha value is -1.90. The molecule has 0 atom stereocenters. The number of nitrogens with zero attached hydrogens (tertiary/aromatic N) is 1. The van der Waals surface area contributed by atoms with Gasteiger partial charge in [-0.25, -0.2) is 4.79 Å². The summed E-state index contributed by atoms with van der Waals surface area (Å²) in [6.07, 6.45) is 0.854. The summed E-state index contributed by atoms with van der Waals surface area (Å²) < 4.78 is 0. The lowest BCUT2D eigenvalue weighted by Gasteiger charge is -2.03.